The highest BCUT2D eigenvalue weighted by Crippen LogP contribution is 2.27. The Balaban J connectivity index is 1.75. The van der Waals surface area contributed by atoms with Gasteiger partial charge in [-0.15, -0.1) is 16.4 Å². The molecule has 1 N–H and O–H groups in total. The topological polar surface area (TPSA) is 68.0 Å². The normalized spacial score (nSPS) is 12.0. The van der Waals surface area contributed by atoms with Gasteiger partial charge in [0.2, 0.25) is 0 Å². The van der Waals surface area contributed by atoms with Crippen molar-refractivity contribution in [2.75, 3.05) is 11.9 Å². The summed E-state index contributed by atoms with van der Waals surface area (Å²) in [5.74, 6) is -0.823. The van der Waals surface area contributed by atoms with Crippen LogP contribution in [0.2, 0.25) is 0 Å². The molecule has 0 amide bonds. The van der Waals surface area contributed by atoms with Crippen LogP contribution >= 0.6 is 11.3 Å². The molecule has 0 bridgehead atoms. The minimum atomic E-state index is -4.59. The molecular weight excluding hydrogens is 329 g/mol. The van der Waals surface area contributed by atoms with E-state index in [2.05, 4.69) is 25.4 Å². The van der Waals surface area contributed by atoms with Crippen LogP contribution in [-0.4, -0.2) is 31.1 Å². The van der Waals surface area contributed by atoms with Crippen LogP contribution in [0.3, 0.4) is 0 Å². The maximum atomic E-state index is 12.7. The van der Waals surface area contributed by atoms with E-state index in [1.807, 2.05) is 5.38 Å². The molecule has 3 rings (SSSR count). The summed E-state index contributed by atoms with van der Waals surface area (Å²) in [6, 6.07) is 1.64. The largest absolute Gasteiger partial charge is 0.453 e. The Morgan fingerprint density at radius 3 is 2.83 bits per heavy atom. The molecule has 0 radical (unpaired) electrons. The summed E-state index contributed by atoms with van der Waals surface area (Å²) < 4.78 is 39.3. The number of anilines is 1. The second-order valence-corrected chi connectivity index (χ2v) is 5.86. The number of hydrogen-bond donors (Lipinski definition) is 1. The first-order valence-corrected chi connectivity index (χ1v) is 7.75. The van der Waals surface area contributed by atoms with E-state index < -0.39 is 12.0 Å². The quantitative estimate of drug-likeness (QED) is 0.722. The zero-order valence-electron chi connectivity index (χ0n) is 12.1. The van der Waals surface area contributed by atoms with Gasteiger partial charge in [-0.25, -0.2) is 9.97 Å². The SMILES string of the molecule is Cc1cc(NCCCc2nccs2)n2nc(C(F)(F)F)nc2n1. The molecule has 0 aromatic carbocycles. The minimum Gasteiger partial charge on any atom is -0.370 e. The molecule has 10 heteroatoms. The lowest BCUT2D eigenvalue weighted by Gasteiger charge is -2.08. The van der Waals surface area contributed by atoms with Crippen molar-refractivity contribution in [2.45, 2.75) is 25.9 Å². The number of fused-ring (bicyclic) bond motifs is 1. The van der Waals surface area contributed by atoms with Crippen LogP contribution < -0.4 is 5.32 Å². The van der Waals surface area contributed by atoms with Gasteiger partial charge in [0.25, 0.3) is 11.6 Å². The van der Waals surface area contributed by atoms with Crippen molar-refractivity contribution in [3.05, 3.63) is 34.2 Å². The number of aromatic nitrogens is 5. The Hall–Kier alpha value is -2.23. The van der Waals surface area contributed by atoms with Crippen molar-refractivity contribution < 1.29 is 13.2 Å². The lowest BCUT2D eigenvalue weighted by Crippen LogP contribution is -2.10. The van der Waals surface area contributed by atoms with Crippen molar-refractivity contribution >= 4 is 22.9 Å². The van der Waals surface area contributed by atoms with Crippen molar-refractivity contribution in [2.24, 2.45) is 0 Å². The highest BCUT2D eigenvalue weighted by atomic mass is 32.1. The predicted molar refractivity (Wildman–Crippen MR) is 79.4 cm³/mol. The predicted octanol–water partition coefficient (Wildman–Crippen LogP) is 2.95. The second kappa shape index (κ2) is 6.11. The van der Waals surface area contributed by atoms with E-state index in [0.29, 0.717) is 18.1 Å². The van der Waals surface area contributed by atoms with Gasteiger partial charge in [-0.05, 0) is 13.3 Å². The summed E-state index contributed by atoms with van der Waals surface area (Å²) in [5.41, 5.74) is 0.570. The van der Waals surface area contributed by atoms with E-state index in [4.69, 9.17) is 0 Å². The van der Waals surface area contributed by atoms with Crippen LogP contribution in [0.1, 0.15) is 22.9 Å². The third-order valence-corrected chi connectivity index (χ3v) is 3.89. The van der Waals surface area contributed by atoms with E-state index in [1.165, 1.54) is 0 Å². The Bertz CT molecular complexity index is 796. The summed E-state index contributed by atoms with van der Waals surface area (Å²) in [5, 5.41) is 9.52. The molecule has 3 heterocycles. The van der Waals surface area contributed by atoms with E-state index in [0.717, 1.165) is 22.4 Å². The number of nitrogens with zero attached hydrogens (tertiary/aromatic N) is 5. The third kappa shape index (κ3) is 3.58. The lowest BCUT2D eigenvalue weighted by molar-refractivity contribution is -0.144. The lowest BCUT2D eigenvalue weighted by atomic mass is 10.3. The average Bonchev–Trinajstić information content (AvgIpc) is 3.11. The van der Waals surface area contributed by atoms with Crippen molar-refractivity contribution in [1.29, 1.82) is 0 Å². The Morgan fingerprint density at radius 2 is 2.13 bits per heavy atom. The fourth-order valence-electron chi connectivity index (χ4n) is 2.07. The average molecular weight is 342 g/mol. The molecule has 0 aliphatic carbocycles. The zero-order valence-corrected chi connectivity index (χ0v) is 12.9. The number of hydrogen-bond acceptors (Lipinski definition) is 6. The van der Waals surface area contributed by atoms with Crippen LogP contribution in [0.4, 0.5) is 19.0 Å². The number of rotatable bonds is 5. The Morgan fingerprint density at radius 1 is 1.30 bits per heavy atom. The summed E-state index contributed by atoms with van der Waals surface area (Å²) in [6.07, 6.45) is -1.23. The molecular formula is C13H13F3N6S. The van der Waals surface area contributed by atoms with Crippen LogP contribution in [0.15, 0.2) is 17.6 Å². The maximum Gasteiger partial charge on any atom is 0.453 e. The molecule has 122 valence electrons. The molecule has 0 atom stereocenters. The van der Waals surface area contributed by atoms with Gasteiger partial charge in [0.15, 0.2) is 0 Å². The van der Waals surface area contributed by atoms with Gasteiger partial charge in [-0.2, -0.15) is 22.7 Å². The first-order valence-electron chi connectivity index (χ1n) is 6.87. The number of halogens is 3. The molecule has 0 fully saturated rings. The molecule has 0 unspecified atom stereocenters. The number of nitrogens with one attached hydrogen (secondary N) is 1. The molecule has 3 aromatic rings. The summed E-state index contributed by atoms with van der Waals surface area (Å²) in [4.78, 5) is 11.6. The van der Waals surface area contributed by atoms with Gasteiger partial charge in [-0.3, -0.25) is 0 Å². The fraction of sp³-hybridized carbons (Fsp3) is 0.385. The van der Waals surface area contributed by atoms with Gasteiger partial charge in [-0.1, -0.05) is 0 Å². The van der Waals surface area contributed by atoms with Crippen LogP contribution in [-0.2, 0) is 12.6 Å². The van der Waals surface area contributed by atoms with Gasteiger partial charge in [0, 0.05) is 36.3 Å². The highest BCUT2D eigenvalue weighted by molar-refractivity contribution is 7.09. The Labute approximate surface area is 133 Å². The van der Waals surface area contributed by atoms with Crippen molar-refractivity contribution in [1.82, 2.24) is 24.6 Å². The maximum absolute atomic E-state index is 12.7. The second-order valence-electron chi connectivity index (χ2n) is 4.88. The highest BCUT2D eigenvalue weighted by Gasteiger charge is 2.36. The molecule has 0 aliphatic rings. The minimum absolute atomic E-state index is 0.0697. The van der Waals surface area contributed by atoms with Crippen LogP contribution in [0.5, 0.6) is 0 Å². The standard InChI is InChI=1S/C13H13F3N6S/c1-8-7-9(17-4-2-3-10-18-5-6-23-10)22-12(19-8)20-11(21-22)13(14,15)16/h5-7,17H,2-4H2,1H3. The molecule has 6 nitrogen and oxygen atoms in total. The number of aryl methyl sites for hydroxylation is 2. The third-order valence-electron chi connectivity index (χ3n) is 3.05. The van der Waals surface area contributed by atoms with E-state index >= 15 is 0 Å². The van der Waals surface area contributed by atoms with E-state index in [1.54, 1.807) is 30.5 Å². The van der Waals surface area contributed by atoms with Gasteiger partial charge in [0.05, 0.1) is 5.01 Å². The Kier molecular flexibility index (Phi) is 4.16. The van der Waals surface area contributed by atoms with Gasteiger partial charge >= 0.3 is 6.18 Å². The number of thiazole rings is 1. The van der Waals surface area contributed by atoms with Gasteiger partial charge in [0.1, 0.15) is 5.82 Å². The van der Waals surface area contributed by atoms with Crippen LogP contribution in [0, 0.1) is 6.92 Å². The zero-order chi connectivity index (χ0) is 16.4. The monoisotopic (exact) mass is 342 g/mol. The van der Waals surface area contributed by atoms with Crippen molar-refractivity contribution in [3.63, 3.8) is 0 Å². The van der Waals surface area contributed by atoms with Crippen LogP contribution in [0.25, 0.3) is 5.78 Å². The summed E-state index contributed by atoms with van der Waals surface area (Å²) in [6.45, 7) is 2.28. The molecule has 23 heavy (non-hydrogen) atoms. The summed E-state index contributed by atoms with van der Waals surface area (Å²) >= 11 is 1.58. The molecule has 0 spiro atoms. The fourth-order valence-corrected chi connectivity index (χ4v) is 2.73. The molecule has 0 saturated carbocycles. The molecule has 0 aliphatic heterocycles. The van der Waals surface area contributed by atoms with E-state index in [9.17, 15) is 13.2 Å². The first kappa shape index (κ1) is 15.7. The van der Waals surface area contributed by atoms with Gasteiger partial charge < -0.3 is 5.32 Å². The molecule has 0 saturated heterocycles. The molecule has 3 aromatic heterocycles. The smallest absolute Gasteiger partial charge is 0.370 e. The van der Waals surface area contributed by atoms with Crippen molar-refractivity contribution in [3.8, 4) is 0 Å². The summed E-state index contributed by atoms with van der Waals surface area (Å²) in [7, 11) is 0. The van der Waals surface area contributed by atoms with E-state index in [-0.39, 0.29) is 5.78 Å². The number of alkyl halides is 3. The first-order chi connectivity index (χ1) is 10.9.